The molecule has 0 bridgehead atoms. The molecule has 0 amide bonds. The molecule has 330 valence electrons. The zero-order chi connectivity index (χ0) is 45.7. The van der Waals surface area contributed by atoms with Crippen LogP contribution in [0.25, 0.3) is 0 Å². The first-order valence-corrected chi connectivity index (χ1v) is 21.2. The van der Waals surface area contributed by atoms with Crippen molar-refractivity contribution in [3.8, 4) is 0 Å². The molecule has 0 aromatic heterocycles. The molecule has 1 unspecified atom stereocenters. The van der Waals surface area contributed by atoms with Crippen molar-refractivity contribution in [3.05, 3.63) is 106 Å². The Hall–Kier alpha value is -4.01. The highest BCUT2D eigenvalue weighted by Crippen LogP contribution is 2.44. The second-order valence-corrected chi connectivity index (χ2v) is 18.8. The van der Waals surface area contributed by atoms with Crippen molar-refractivity contribution in [3.63, 3.8) is 0 Å². The van der Waals surface area contributed by atoms with Gasteiger partial charge in [-0.1, -0.05) is 131 Å². The summed E-state index contributed by atoms with van der Waals surface area (Å²) in [6, 6.07) is 24.6. The van der Waals surface area contributed by atoms with E-state index >= 15 is 0 Å². The van der Waals surface area contributed by atoms with E-state index in [1.165, 1.54) is 6.42 Å². The van der Waals surface area contributed by atoms with Gasteiger partial charge in [-0.15, -0.1) is 0 Å². The van der Waals surface area contributed by atoms with E-state index in [9.17, 15) is 19.2 Å². The van der Waals surface area contributed by atoms with Crippen molar-refractivity contribution < 1.29 is 38.1 Å². The molecule has 0 N–H and O–H groups in total. The molecule has 0 spiro atoms. The molecule has 0 saturated carbocycles. The standard InChI is InChI=1S/C28H29ClO4.C10H18O3.C6H14O.C6H14/c1-20-14-16-22(17-15-20)28(21-10-6-5-7-11-21,23-12-8-9-13-24(23)29)33-26(31)19-18-25(30)32-27(2,3)4;1-5-8(11)6-7-9(12)13-10(2,3)4;1-5-7-6(2,3)4;1-5-6(2,3)4/h5-17H,18-19H2,1-4H3;5-7H2,1-4H3;5H2,1-4H3;5H2,1-4H3. The lowest BCUT2D eigenvalue weighted by molar-refractivity contribution is -0.161. The first kappa shape index (κ1) is 55.0. The van der Waals surface area contributed by atoms with Gasteiger partial charge in [-0.05, 0) is 87.6 Å². The van der Waals surface area contributed by atoms with E-state index in [0.29, 0.717) is 28.8 Å². The normalized spacial score (nSPS) is 12.4. The summed E-state index contributed by atoms with van der Waals surface area (Å²) in [7, 11) is 0. The van der Waals surface area contributed by atoms with E-state index in [1.54, 1.807) is 33.8 Å². The van der Waals surface area contributed by atoms with Crippen molar-refractivity contribution in [1.29, 1.82) is 0 Å². The third-order valence-electron chi connectivity index (χ3n) is 8.17. The topological polar surface area (TPSA) is 105 Å². The predicted molar refractivity (Wildman–Crippen MR) is 242 cm³/mol. The van der Waals surface area contributed by atoms with Crippen LogP contribution in [0.3, 0.4) is 0 Å². The Balaban J connectivity index is 0.00000105. The molecule has 59 heavy (non-hydrogen) atoms. The van der Waals surface area contributed by atoms with Crippen molar-refractivity contribution >= 4 is 35.3 Å². The largest absolute Gasteiger partial charge is 0.460 e. The minimum absolute atomic E-state index is 0.0503. The summed E-state index contributed by atoms with van der Waals surface area (Å²) in [4.78, 5) is 47.3. The first-order chi connectivity index (χ1) is 27.1. The number of hydrogen-bond donors (Lipinski definition) is 0. The van der Waals surface area contributed by atoms with Crippen LogP contribution in [0.2, 0.25) is 5.02 Å². The van der Waals surface area contributed by atoms with Gasteiger partial charge >= 0.3 is 17.9 Å². The first-order valence-electron chi connectivity index (χ1n) is 20.8. The van der Waals surface area contributed by atoms with Crippen molar-refractivity contribution in [2.75, 3.05) is 6.61 Å². The minimum atomic E-state index is -1.28. The highest BCUT2D eigenvalue weighted by molar-refractivity contribution is 6.31. The molecular weight excluding hydrogens is 764 g/mol. The molecule has 3 rings (SSSR count). The summed E-state index contributed by atoms with van der Waals surface area (Å²) in [5, 5.41) is 0.474. The van der Waals surface area contributed by atoms with E-state index in [0.717, 1.165) is 23.3 Å². The molecule has 0 aliphatic carbocycles. The average Bonchev–Trinajstić information content (AvgIpc) is 3.12. The van der Waals surface area contributed by atoms with E-state index < -0.39 is 28.7 Å². The lowest BCUT2D eigenvalue weighted by Crippen LogP contribution is -2.36. The van der Waals surface area contributed by atoms with Gasteiger partial charge in [0.2, 0.25) is 0 Å². The third-order valence-corrected chi connectivity index (χ3v) is 8.50. The molecule has 3 aromatic rings. The fourth-order valence-electron chi connectivity index (χ4n) is 4.92. The van der Waals surface area contributed by atoms with Gasteiger partial charge in [0.15, 0.2) is 5.60 Å². The molecule has 8 nitrogen and oxygen atoms in total. The highest BCUT2D eigenvalue weighted by atomic mass is 35.5. The zero-order valence-electron chi connectivity index (χ0n) is 39.1. The number of Topliss-reactive ketones (excluding diaryl/α,β-unsaturated/α-hetero) is 1. The molecule has 0 fully saturated rings. The lowest BCUT2D eigenvalue weighted by Gasteiger charge is -2.36. The molecule has 0 radical (unpaired) electrons. The number of esters is 3. The van der Waals surface area contributed by atoms with Crippen LogP contribution in [-0.4, -0.2) is 47.1 Å². The Morgan fingerprint density at radius 1 is 0.525 bits per heavy atom. The second-order valence-electron chi connectivity index (χ2n) is 18.4. The zero-order valence-corrected chi connectivity index (χ0v) is 39.9. The van der Waals surface area contributed by atoms with Gasteiger partial charge in [-0.3, -0.25) is 19.2 Å². The summed E-state index contributed by atoms with van der Waals surface area (Å²) in [5.41, 5.74) is 1.49. The summed E-state index contributed by atoms with van der Waals surface area (Å²) in [6.45, 7) is 32.5. The Kier molecular flexibility index (Phi) is 23.8. The van der Waals surface area contributed by atoms with Crippen LogP contribution in [-0.2, 0) is 43.7 Å². The van der Waals surface area contributed by atoms with E-state index in [1.807, 2.05) is 107 Å². The summed E-state index contributed by atoms with van der Waals surface area (Å²) >= 11 is 6.66. The van der Waals surface area contributed by atoms with Crippen LogP contribution in [0.5, 0.6) is 0 Å². The van der Waals surface area contributed by atoms with Gasteiger partial charge < -0.3 is 18.9 Å². The van der Waals surface area contributed by atoms with Gasteiger partial charge in [0.25, 0.3) is 0 Å². The molecular formula is C50H75ClO8. The maximum Gasteiger partial charge on any atom is 0.307 e. The number of carbonyl (C=O) groups excluding carboxylic acids is 4. The van der Waals surface area contributed by atoms with Gasteiger partial charge in [-0.2, -0.15) is 0 Å². The number of rotatable bonds is 12. The summed E-state index contributed by atoms with van der Waals surface area (Å²) in [5.74, 6) is -1.16. The third kappa shape index (κ3) is 24.6. The number of ketones is 1. The van der Waals surface area contributed by atoms with Crippen LogP contribution in [0.15, 0.2) is 78.9 Å². The van der Waals surface area contributed by atoms with Crippen molar-refractivity contribution in [2.24, 2.45) is 5.41 Å². The number of halogens is 1. The SMILES string of the molecule is CCC(=O)CCC(=O)OC(C)(C)C.CCC(C)(C)C.CCOC(C)(C)C.Cc1ccc(C(OC(=O)CCC(=O)OC(C)(C)C)(c2ccccc2)c2ccccc2Cl)cc1. The van der Waals surface area contributed by atoms with Gasteiger partial charge in [-0.25, -0.2) is 0 Å². The number of hydrogen-bond acceptors (Lipinski definition) is 8. The van der Waals surface area contributed by atoms with Crippen LogP contribution in [0.1, 0.15) is 165 Å². The van der Waals surface area contributed by atoms with Crippen LogP contribution < -0.4 is 0 Å². The number of carbonyl (C=O) groups is 4. The molecule has 9 heteroatoms. The summed E-state index contributed by atoms with van der Waals surface area (Å²) in [6.07, 6.45) is 2.07. The maximum absolute atomic E-state index is 13.2. The smallest absolute Gasteiger partial charge is 0.307 e. The molecule has 3 aromatic carbocycles. The fraction of sp³-hybridized carbons (Fsp3) is 0.560. The van der Waals surface area contributed by atoms with Crippen molar-refractivity contribution in [2.45, 2.75) is 172 Å². The van der Waals surface area contributed by atoms with Crippen LogP contribution in [0, 0.1) is 12.3 Å². The van der Waals surface area contributed by atoms with Crippen molar-refractivity contribution in [1.82, 2.24) is 0 Å². The molecule has 0 heterocycles. The Morgan fingerprint density at radius 2 is 0.932 bits per heavy atom. The van der Waals surface area contributed by atoms with Crippen LogP contribution in [0.4, 0.5) is 0 Å². The van der Waals surface area contributed by atoms with Crippen LogP contribution >= 0.6 is 11.6 Å². The van der Waals surface area contributed by atoms with Gasteiger partial charge in [0.1, 0.15) is 17.0 Å². The second kappa shape index (κ2) is 25.6. The van der Waals surface area contributed by atoms with E-state index in [-0.39, 0.29) is 36.6 Å². The maximum atomic E-state index is 13.2. The molecule has 0 aliphatic rings. The predicted octanol–water partition coefficient (Wildman–Crippen LogP) is 13.0. The molecule has 0 aliphatic heterocycles. The highest BCUT2D eigenvalue weighted by Gasteiger charge is 2.42. The number of aryl methyl sites for hydroxylation is 1. The monoisotopic (exact) mass is 839 g/mol. The fourth-order valence-corrected chi connectivity index (χ4v) is 5.19. The summed E-state index contributed by atoms with van der Waals surface area (Å²) < 4.78 is 21.9. The average molecular weight is 840 g/mol. The Bertz CT molecular complexity index is 1690. The van der Waals surface area contributed by atoms with E-state index in [2.05, 4.69) is 48.5 Å². The quantitative estimate of drug-likeness (QED) is 0.101. The van der Waals surface area contributed by atoms with E-state index in [4.69, 9.17) is 30.5 Å². The van der Waals surface area contributed by atoms with Gasteiger partial charge in [0.05, 0.1) is 24.9 Å². The Morgan fingerprint density at radius 3 is 1.31 bits per heavy atom. The number of benzene rings is 3. The molecule has 1 atom stereocenters. The lowest BCUT2D eigenvalue weighted by atomic mass is 9.79. The minimum Gasteiger partial charge on any atom is -0.460 e. The molecule has 0 saturated heterocycles. The number of ether oxygens (including phenoxy) is 4. The van der Waals surface area contributed by atoms with Gasteiger partial charge in [0, 0.05) is 41.2 Å². The Labute approximate surface area is 362 Å².